The number of nitrogens with one attached hydrogen (secondary N) is 3. The largest absolute Gasteiger partial charge is 0.358 e. The number of carbonyl (C=O) groups is 2. The van der Waals surface area contributed by atoms with Crippen molar-refractivity contribution in [1.82, 2.24) is 20.9 Å². The van der Waals surface area contributed by atoms with E-state index in [9.17, 15) is 9.59 Å². The molecular formula is C17H30N4O2. The minimum atomic E-state index is 0.00648. The summed E-state index contributed by atoms with van der Waals surface area (Å²) in [7, 11) is 1.67. The van der Waals surface area contributed by atoms with E-state index in [-0.39, 0.29) is 23.9 Å². The Labute approximate surface area is 138 Å². The Balaban J connectivity index is 1.40. The zero-order chi connectivity index (χ0) is 16.2. The van der Waals surface area contributed by atoms with Crippen molar-refractivity contribution in [2.24, 2.45) is 5.92 Å². The van der Waals surface area contributed by atoms with E-state index < -0.39 is 0 Å². The van der Waals surface area contributed by atoms with Crippen molar-refractivity contribution in [2.75, 3.05) is 26.7 Å². The molecule has 1 saturated carbocycles. The van der Waals surface area contributed by atoms with Crippen LogP contribution in [0.15, 0.2) is 0 Å². The first-order valence-electron chi connectivity index (χ1n) is 9.15. The first-order chi connectivity index (χ1) is 11.2. The van der Waals surface area contributed by atoms with Gasteiger partial charge in [0.2, 0.25) is 11.8 Å². The number of hydrogen-bond donors (Lipinski definition) is 3. The molecule has 6 nitrogen and oxygen atoms in total. The molecule has 0 bridgehead atoms. The minimum absolute atomic E-state index is 0.00648. The van der Waals surface area contributed by atoms with Gasteiger partial charge < -0.3 is 16.0 Å². The maximum atomic E-state index is 12.5. The summed E-state index contributed by atoms with van der Waals surface area (Å²) in [5, 5.41) is 9.44. The van der Waals surface area contributed by atoms with Crippen LogP contribution in [0.2, 0.25) is 0 Å². The fraction of sp³-hybridized carbons (Fsp3) is 0.882. The van der Waals surface area contributed by atoms with E-state index in [0.717, 1.165) is 32.4 Å². The Kier molecular flexibility index (Phi) is 5.54. The van der Waals surface area contributed by atoms with Gasteiger partial charge >= 0.3 is 0 Å². The number of piperidine rings is 1. The van der Waals surface area contributed by atoms with Crippen LogP contribution in [0.5, 0.6) is 0 Å². The van der Waals surface area contributed by atoms with Crippen LogP contribution in [0.1, 0.15) is 44.9 Å². The summed E-state index contributed by atoms with van der Waals surface area (Å²) in [4.78, 5) is 26.1. The fourth-order valence-corrected chi connectivity index (χ4v) is 4.34. The third-order valence-electron chi connectivity index (χ3n) is 5.76. The molecule has 130 valence electrons. The molecule has 0 spiro atoms. The van der Waals surface area contributed by atoms with Crippen molar-refractivity contribution in [1.29, 1.82) is 0 Å². The lowest BCUT2D eigenvalue weighted by Gasteiger charge is -2.32. The van der Waals surface area contributed by atoms with E-state index in [4.69, 9.17) is 0 Å². The number of fused-ring (bicyclic) bond motifs is 1. The van der Waals surface area contributed by atoms with E-state index in [2.05, 4.69) is 20.9 Å². The van der Waals surface area contributed by atoms with Crippen LogP contribution in [0.25, 0.3) is 0 Å². The first-order valence-corrected chi connectivity index (χ1v) is 9.15. The minimum Gasteiger partial charge on any atom is -0.358 e. The van der Waals surface area contributed by atoms with Gasteiger partial charge in [-0.2, -0.15) is 0 Å². The van der Waals surface area contributed by atoms with Gasteiger partial charge in [-0.25, -0.2) is 0 Å². The first kappa shape index (κ1) is 16.7. The van der Waals surface area contributed by atoms with Gasteiger partial charge in [-0.1, -0.05) is 12.8 Å². The Bertz CT molecular complexity index is 420. The molecule has 3 unspecified atom stereocenters. The second-order valence-corrected chi connectivity index (χ2v) is 7.34. The van der Waals surface area contributed by atoms with Gasteiger partial charge in [0.25, 0.3) is 0 Å². The zero-order valence-electron chi connectivity index (χ0n) is 14.1. The molecule has 0 aromatic carbocycles. The van der Waals surface area contributed by atoms with Crippen LogP contribution in [0.4, 0.5) is 0 Å². The lowest BCUT2D eigenvalue weighted by molar-refractivity contribution is -0.125. The number of amides is 2. The zero-order valence-corrected chi connectivity index (χ0v) is 14.1. The normalized spacial score (nSPS) is 32.3. The summed E-state index contributed by atoms with van der Waals surface area (Å²) in [6.45, 7) is 2.22. The average molecular weight is 322 g/mol. The molecule has 2 heterocycles. The molecule has 6 heteroatoms. The summed E-state index contributed by atoms with van der Waals surface area (Å²) < 4.78 is 0. The van der Waals surface area contributed by atoms with Crippen LogP contribution in [-0.2, 0) is 9.59 Å². The monoisotopic (exact) mass is 322 g/mol. The Morgan fingerprint density at radius 3 is 2.57 bits per heavy atom. The summed E-state index contributed by atoms with van der Waals surface area (Å²) in [5.41, 5.74) is 0. The highest BCUT2D eigenvalue weighted by Crippen LogP contribution is 2.33. The molecule has 2 saturated heterocycles. The SMILES string of the molecule is CNC(=O)CN1CCC(NC(=O)C2CC3CCCCC3N2)CC1. The summed E-state index contributed by atoms with van der Waals surface area (Å²) in [6, 6.07) is 0.828. The Hall–Kier alpha value is -1.14. The van der Waals surface area contributed by atoms with E-state index in [1.54, 1.807) is 7.05 Å². The van der Waals surface area contributed by atoms with Crippen molar-refractivity contribution in [3.63, 3.8) is 0 Å². The molecule has 3 rings (SSSR count). The molecular weight excluding hydrogens is 292 g/mol. The van der Waals surface area contributed by atoms with E-state index >= 15 is 0 Å². The predicted molar refractivity (Wildman–Crippen MR) is 89.0 cm³/mol. The van der Waals surface area contributed by atoms with Crippen LogP contribution >= 0.6 is 0 Å². The lowest BCUT2D eigenvalue weighted by atomic mass is 9.85. The number of likely N-dealkylation sites (N-methyl/N-ethyl adjacent to an activating group) is 1. The van der Waals surface area contributed by atoms with Crippen LogP contribution < -0.4 is 16.0 Å². The predicted octanol–water partition coefficient (Wildman–Crippen LogP) is 0.234. The van der Waals surface area contributed by atoms with Crippen molar-refractivity contribution >= 4 is 11.8 Å². The van der Waals surface area contributed by atoms with Gasteiger partial charge in [0.1, 0.15) is 0 Å². The number of hydrogen-bond acceptors (Lipinski definition) is 4. The van der Waals surface area contributed by atoms with Gasteiger partial charge in [0, 0.05) is 32.2 Å². The number of rotatable bonds is 4. The lowest BCUT2D eigenvalue weighted by Crippen LogP contribution is -2.51. The molecule has 3 fully saturated rings. The highest BCUT2D eigenvalue weighted by Gasteiger charge is 2.38. The highest BCUT2D eigenvalue weighted by molar-refractivity contribution is 5.82. The molecule has 3 N–H and O–H groups in total. The molecule has 3 aliphatic rings. The standard InChI is InChI=1S/C17H30N4O2/c1-18-16(22)11-21-8-6-13(7-9-21)19-17(23)15-10-12-4-2-3-5-14(12)20-15/h12-15,20H,2-11H2,1H3,(H,18,22)(H,19,23). The van der Waals surface area contributed by atoms with Gasteiger partial charge in [-0.15, -0.1) is 0 Å². The van der Waals surface area contributed by atoms with Crippen molar-refractivity contribution < 1.29 is 9.59 Å². The quantitative estimate of drug-likeness (QED) is 0.693. The second kappa shape index (κ2) is 7.62. The Morgan fingerprint density at radius 2 is 1.87 bits per heavy atom. The van der Waals surface area contributed by atoms with Crippen molar-refractivity contribution in [3.05, 3.63) is 0 Å². The molecule has 2 aliphatic heterocycles. The Morgan fingerprint density at radius 1 is 1.13 bits per heavy atom. The third kappa shape index (κ3) is 4.23. The fourth-order valence-electron chi connectivity index (χ4n) is 4.34. The third-order valence-corrected chi connectivity index (χ3v) is 5.76. The molecule has 0 aromatic heterocycles. The number of likely N-dealkylation sites (tertiary alicyclic amines) is 1. The number of carbonyl (C=O) groups excluding carboxylic acids is 2. The van der Waals surface area contributed by atoms with Crippen LogP contribution in [-0.4, -0.2) is 61.5 Å². The average Bonchev–Trinajstić information content (AvgIpc) is 3.00. The van der Waals surface area contributed by atoms with E-state index in [0.29, 0.717) is 18.5 Å². The topological polar surface area (TPSA) is 73.5 Å². The number of nitrogens with zero attached hydrogens (tertiary/aromatic N) is 1. The molecule has 3 atom stereocenters. The van der Waals surface area contributed by atoms with E-state index in [1.807, 2.05) is 0 Å². The summed E-state index contributed by atoms with van der Waals surface area (Å²) >= 11 is 0. The van der Waals surface area contributed by atoms with Gasteiger partial charge in [-0.05, 0) is 38.0 Å². The molecule has 0 aromatic rings. The second-order valence-electron chi connectivity index (χ2n) is 7.34. The van der Waals surface area contributed by atoms with Crippen molar-refractivity contribution in [2.45, 2.75) is 63.1 Å². The van der Waals surface area contributed by atoms with Gasteiger partial charge in [0.05, 0.1) is 12.6 Å². The van der Waals surface area contributed by atoms with Crippen molar-refractivity contribution in [3.8, 4) is 0 Å². The molecule has 1 aliphatic carbocycles. The maximum Gasteiger partial charge on any atom is 0.237 e. The molecule has 2 amide bonds. The smallest absolute Gasteiger partial charge is 0.237 e. The van der Waals surface area contributed by atoms with Crippen LogP contribution in [0.3, 0.4) is 0 Å². The summed E-state index contributed by atoms with van der Waals surface area (Å²) in [6.07, 6.45) is 8.00. The maximum absolute atomic E-state index is 12.5. The van der Waals surface area contributed by atoms with Gasteiger partial charge in [0.15, 0.2) is 0 Å². The van der Waals surface area contributed by atoms with Crippen LogP contribution in [0, 0.1) is 5.92 Å². The summed E-state index contributed by atoms with van der Waals surface area (Å²) in [5.74, 6) is 0.948. The van der Waals surface area contributed by atoms with E-state index in [1.165, 1.54) is 25.7 Å². The molecule has 23 heavy (non-hydrogen) atoms. The molecule has 0 radical (unpaired) electrons. The van der Waals surface area contributed by atoms with Gasteiger partial charge in [-0.3, -0.25) is 14.5 Å². The highest BCUT2D eigenvalue weighted by atomic mass is 16.2.